The number of carboxylic acid groups (broad SMARTS) is 1. The number of carbonyl (C=O) groups is 2. The molecule has 5 unspecified atom stereocenters. The number of carbonyl (C=O) groups excluding carboxylic acids is 1. The minimum Gasteiger partial charge on any atom is -0.481 e. The SMILES string of the molecule is CCC1(C)CC2(OCC(CCC(=O)O)O2)C(C)C(C)(CC)N1OC(C)=O. The first kappa shape index (κ1) is 21.1. The number of ether oxygens (including phenoxy) is 2. The molecule has 2 aliphatic heterocycles. The second-order valence-electron chi connectivity index (χ2n) is 8.13. The number of hydrogen-bond donors (Lipinski definition) is 1. The van der Waals surface area contributed by atoms with E-state index in [2.05, 4.69) is 34.6 Å². The first-order chi connectivity index (χ1) is 12.0. The quantitative estimate of drug-likeness (QED) is 0.768. The summed E-state index contributed by atoms with van der Waals surface area (Å²) in [6, 6.07) is 0. The van der Waals surface area contributed by atoms with Gasteiger partial charge in [-0.1, -0.05) is 20.8 Å². The molecule has 0 amide bonds. The highest BCUT2D eigenvalue weighted by Gasteiger charge is 2.64. The Balaban J connectivity index is 2.33. The van der Waals surface area contributed by atoms with Gasteiger partial charge in [-0.2, -0.15) is 0 Å². The second kappa shape index (κ2) is 7.44. The number of piperidine rings is 1. The van der Waals surface area contributed by atoms with Crippen LogP contribution in [0.1, 0.15) is 73.6 Å². The van der Waals surface area contributed by atoms with Gasteiger partial charge in [-0.3, -0.25) is 9.59 Å². The predicted octanol–water partition coefficient (Wildman–Crippen LogP) is 3.12. The van der Waals surface area contributed by atoms with Crippen molar-refractivity contribution >= 4 is 11.9 Å². The second-order valence-corrected chi connectivity index (χ2v) is 8.13. The third-order valence-corrected chi connectivity index (χ3v) is 6.43. The van der Waals surface area contributed by atoms with Crippen molar-refractivity contribution in [3.63, 3.8) is 0 Å². The van der Waals surface area contributed by atoms with Crippen LogP contribution in [0.3, 0.4) is 0 Å². The number of hydroxylamine groups is 2. The molecule has 0 bridgehead atoms. The van der Waals surface area contributed by atoms with Gasteiger partial charge in [0.1, 0.15) is 0 Å². The summed E-state index contributed by atoms with van der Waals surface area (Å²) in [5.74, 6) is -2.02. The first-order valence-electron chi connectivity index (χ1n) is 9.55. The summed E-state index contributed by atoms with van der Waals surface area (Å²) in [5.41, 5.74) is -0.902. The van der Waals surface area contributed by atoms with Crippen LogP contribution in [-0.4, -0.2) is 51.7 Å². The van der Waals surface area contributed by atoms with Crippen LogP contribution < -0.4 is 0 Å². The summed E-state index contributed by atoms with van der Waals surface area (Å²) < 4.78 is 12.6. The van der Waals surface area contributed by atoms with E-state index < -0.39 is 22.8 Å². The number of carboxylic acids is 1. The average Bonchev–Trinajstić information content (AvgIpc) is 2.99. The lowest BCUT2D eigenvalue weighted by Gasteiger charge is -2.60. The minimum absolute atomic E-state index is 0.0613. The molecule has 1 spiro atoms. The van der Waals surface area contributed by atoms with Crippen molar-refractivity contribution in [1.82, 2.24) is 5.06 Å². The third-order valence-electron chi connectivity index (χ3n) is 6.43. The summed E-state index contributed by atoms with van der Waals surface area (Å²) in [6.45, 7) is 12.2. The van der Waals surface area contributed by atoms with Crippen LogP contribution in [-0.2, 0) is 23.9 Å². The van der Waals surface area contributed by atoms with E-state index in [0.29, 0.717) is 19.4 Å². The standard InChI is InChI=1S/C19H33NO6/c1-7-17(5)12-19(24-11-15(25-19)9-10-16(22)23)13(3)18(6,8-2)20(17)26-14(4)21/h13,15H,7-12H2,1-6H3,(H,22,23). The minimum atomic E-state index is -0.830. The van der Waals surface area contributed by atoms with Gasteiger partial charge in [0, 0.05) is 25.7 Å². The molecule has 2 rings (SSSR count). The normalized spacial score (nSPS) is 40.7. The Morgan fingerprint density at radius 2 is 1.92 bits per heavy atom. The van der Waals surface area contributed by atoms with E-state index >= 15 is 0 Å². The van der Waals surface area contributed by atoms with Crippen LogP contribution in [0.5, 0.6) is 0 Å². The highest BCUT2D eigenvalue weighted by atomic mass is 16.8. The lowest BCUT2D eigenvalue weighted by Crippen LogP contribution is -2.72. The van der Waals surface area contributed by atoms with Crippen LogP contribution in [0.25, 0.3) is 0 Å². The number of nitrogens with zero attached hydrogens (tertiary/aromatic N) is 1. The Morgan fingerprint density at radius 3 is 2.42 bits per heavy atom. The maximum atomic E-state index is 11.8. The number of rotatable bonds is 6. The Labute approximate surface area is 155 Å². The average molecular weight is 371 g/mol. The van der Waals surface area contributed by atoms with Gasteiger partial charge >= 0.3 is 11.9 Å². The maximum Gasteiger partial charge on any atom is 0.322 e. The van der Waals surface area contributed by atoms with Gasteiger partial charge in [0.15, 0.2) is 5.79 Å². The van der Waals surface area contributed by atoms with Gasteiger partial charge in [0.2, 0.25) is 0 Å². The zero-order valence-electron chi connectivity index (χ0n) is 16.8. The van der Waals surface area contributed by atoms with Gasteiger partial charge in [0.05, 0.1) is 23.8 Å². The van der Waals surface area contributed by atoms with Crippen molar-refractivity contribution < 1.29 is 29.0 Å². The summed E-state index contributed by atoms with van der Waals surface area (Å²) in [4.78, 5) is 28.3. The molecule has 7 heteroatoms. The summed E-state index contributed by atoms with van der Waals surface area (Å²) in [6.07, 6.45) is 2.35. The molecule has 7 nitrogen and oxygen atoms in total. The van der Waals surface area contributed by atoms with E-state index in [0.717, 1.165) is 12.8 Å². The van der Waals surface area contributed by atoms with E-state index in [1.807, 2.05) is 5.06 Å². The first-order valence-corrected chi connectivity index (χ1v) is 9.55. The van der Waals surface area contributed by atoms with Gasteiger partial charge in [0.25, 0.3) is 0 Å². The maximum absolute atomic E-state index is 11.8. The molecule has 0 aliphatic carbocycles. The molecular formula is C19H33NO6. The lowest BCUT2D eigenvalue weighted by atomic mass is 9.67. The van der Waals surface area contributed by atoms with Crippen molar-refractivity contribution in [2.45, 2.75) is 96.6 Å². The molecule has 0 saturated carbocycles. The molecule has 2 fully saturated rings. The topological polar surface area (TPSA) is 85.3 Å². The zero-order valence-corrected chi connectivity index (χ0v) is 16.8. The molecule has 0 aromatic rings. The highest BCUT2D eigenvalue weighted by molar-refractivity contribution is 5.66. The van der Waals surface area contributed by atoms with E-state index in [1.165, 1.54) is 6.92 Å². The molecule has 0 radical (unpaired) electrons. The highest BCUT2D eigenvalue weighted by Crippen LogP contribution is 2.54. The zero-order chi connectivity index (χ0) is 19.8. The molecule has 1 N–H and O–H groups in total. The van der Waals surface area contributed by atoms with E-state index in [4.69, 9.17) is 19.4 Å². The molecule has 150 valence electrons. The predicted molar refractivity (Wildman–Crippen MR) is 95.2 cm³/mol. The Kier molecular flexibility index (Phi) is 6.05. The molecule has 2 saturated heterocycles. The van der Waals surface area contributed by atoms with Gasteiger partial charge in [-0.05, 0) is 33.1 Å². The molecule has 0 aromatic carbocycles. The summed E-state index contributed by atoms with van der Waals surface area (Å²) >= 11 is 0. The van der Waals surface area contributed by atoms with Crippen molar-refractivity contribution in [2.75, 3.05) is 6.61 Å². The number of aliphatic carboxylic acids is 1. The monoisotopic (exact) mass is 371 g/mol. The fourth-order valence-corrected chi connectivity index (χ4v) is 4.41. The summed E-state index contributed by atoms with van der Waals surface area (Å²) in [7, 11) is 0. The molecule has 5 atom stereocenters. The third kappa shape index (κ3) is 3.62. The fourth-order valence-electron chi connectivity index (χ4n) is 4.41. The van der Waals surface area contributed by atoms with Crippen LogP contribution in [0.15, 0.2) is 0 Å². The van der Waals surface area contributed by atoms with E-state index in [1.54, 1.807) is 0 Å². The largest absolute Gasteiger partial charge is 0.481 e. The van der Waals surface area contributed by atoms with Crippen LogP contribution in [0.2, 0.25) is 0 Å². The van der Waals surface area contributed by atoms with Crippen LogP contribution in [0.4, 0.5) is 0 Å². The van der Waals surface area contributed by atoms with E-state index in [-0.39, 0.29) is 24.4 Å². The lowest BCUT2D eigenvalue weighted by molar-refractivity contribution is -0.354. The Bertz CT molecular complexity index is 554. The van der Waals surface area contributed by atoms with Crippen molar-refractivity contribution in [1.29, 1.82) is 0 Å². The van der Waals surface area contributed by atoms with Crippen LogP contribution in [0, 0.1) is 5.92 Å². The summed E-state index contributed by atoms with van der Waals surface area (Å²) in [5, 5.41) is 10.8. The van der Waals surface area contributed by atoms with Crippen LogP contribution >= 0.6 is 0 Å². The van der Waals surface area contributed by atoms with Gasteiger partial charge in [-0.25, -0.2) is 0 Å². The van der Waals surface area contributed by atoms with E-state index in [9.17, 15) is 9.59 Å². The molecule has 2 aliphatic rings. The Morgan fingerprint density at radius 1 is 1.27 bits per heavy atom. The molecule has 0 aromatic heterocycles. The van der Waals surface area contributed by atoms with Gasteiger partial charge < -0.3 is 19.4 Å². The van der Waals surface area contributed by atoms with Crippen molar-refractivity contribution in [2.24, 2.45) is 5.92 Å². The molecule has 26 heavy (non-hydrogen) atoms. The fraction of sp³-hybridized carbons (Fsp3) is 0.895. The Hall–Kier alpha value is -1.18. The molecule has 2 heterocycles. The smallest absolute Gasteiger partial charge is 0.322 e. The molecular weight excluding hydrogens is 338 g/mol. The number of hydrogen-bond acceptors (Lipinski definition) is 6. The van der Waals surface area contributed by atoms with Crippen molar-refractivity contribution in [3.8, 4) is 0 Å². The van der Waals surface area contributed by atoms with Crippen molar-refractivity contribution in [3.05, 3.63) is 0 Å². The van der Waals surface area contributed by atoms with Gasteiger partial charge in [-0.15, -0.1) is 5.06 Å².